The number of aryl methyl sites for hydroxylation is 1. The highest BCUT2D eigenvalue weighted by Gasteiger charge is 2.14. The number of hydrazone groups is 1. The lowest BCUT2D eigenvalue weighted by Gasteiger charge is -2.34. The van der Waals surface area contributed by atoms with Crippen molar-refractivity contribution in [2.45, 2.75) is 13.8 Å². The third-order valence-electron chi connectivity index (χ3n) is 5.47. The van der Waals surface area contributed by atoms with Gasteiger partial charge in [0, 0.05) is 42.3 Å². The molecule has 1 aromatic heterocycles. The average molecular weight is 408 g/mol. The molecule has 5 nitrogen and oxygen atoms in total. The van der Waals surface area contributed by atoms with Gasteiger partial charge in [0.25, 0.3) is 0 Å². The molecule has 29 heavy (non-hydrogen) atoms. The van der Waals surface area contributed by atoms with Crippen LogP contribution in [0.25, 0.3) is 10.9 Å². The molecule has 0 saturated carbocycles. The lowest BCUT2D eigenvalue weighted by molar-refractivity contribution is 0.313. The molecule has 150 valence electrons. The molecule has 4 rings (SSSR count). The summed E-state index contributed by atoms with van der Waals surface area (Å²) in [6, 6.07) is 16.4. The van der Waals surface area contributed by atoms with Crippen LogP contribution in [0.4, 0.5) is 11.5 Å². The summed E-state index contributed by atoms with van der Waals surface area (Å²) in [4.78, 5) is 9.44. The van der Waals surface area contributed by atoms with Crippen molar-refractivity contribution in [3.63, 3.8) is 0 Å². The van der Waals surface area contributed by atoms with E-state index in [0.717, 1.165) is 64.8 Å². The van der Waals surface area contributed by atoms with Crippen LogP contribution in [0, 0.1) is 6.92 Å². The molecular weight excluding hydrogens is 382 g/mol. The van der Waals surface area contributed by atoms with Crippen LogP contribution < -0.4 is 10.3 Å². The van der Waals surface area contributed by atoms with Gasteiger partial charge in [-0.2, -0.15) is 5.10 Å². The Morgan fingerprint density at radius 2 is 1.76 bits per heavy atom. The fraction of sp³-hybridized carbons (Fsp3) is 0.304. The molecule has 1 N–H and O–H groups in total. The SMILES string of the molecule is C/C(=N\Nc1cc(C)c2cc(Cl)ccc2n1)c1ccc(N2CCN(C)CC2)cc1. The predicted molar refractivity (Wildman–Crippen MR) is 123 cm³/mol. The molecule has 6 heteroatoms. The van der Waals surface area contributed by atoms with Gasteiger partial charge in [0.1, 0.15) is 5.82 Å². The number of anilines is 2. The third-order valence-corrected chi connectivity index (χ3v) is 5.70. The number of hydrogen-bond donors (Lipinski definition) is 1. The molecule has 0 atom stereocenters. The molecule has 0 spiro atoms. The van der Waals surface area contributed by atoms with Crippen molar-refractivity contribution in [1.29, 1.82) is 0 Å². The minimum atomic E-state index is 0.719. The van der Waals surface area contributed by atoms with Gasteiger partial charge < -0.3 is 9.80 Å². The number of piperazine rings is 1. The number of halogens is 1. The Balaban J connectivity index is 1.47. The van der Waals surface area contributed by atoms with E-state index in [-0.39, 0.29) is 0 Å². The molecule has 0 amide bonds. The number of hydrogen-bond acceptors (Lipinski definition) is 5. The largest absolute Gasteiger partial charge is 0.369 e. The maximum Gasteiger partial charge on any atom is 0.147 e. The molecule has 1 fully saturated rings. The Bertz CT molecular complexity index is 1040. The molecule has 2 aromatic carbocycles. The summed E-state index contributed by atoms with van der Waals surface area (Å²) in [7, 11) is 2.17. The number of nitrogens with zero attached hydrogens (tertiary/aromatic N) is 4. The predicted octanol–water partition coefficient (Wildman–Crippen LogP) is 4.78. The minimum Gasteiger partial charge on any atom is -0.369 e. The fourth-order valence-electron chi connectivity index (χ4n) is 3.61. The van der Waals surface area contributed by atoms with Crippen LogP contribution in [0.15, 0.2) is 53.6 Å². The van der Waals surface area contributed by atoms with E-state index in [4.69, 9.17) is 11.6 Å². The molecular formula is C23H26ClN5. The lowest BCUT2D eigenvalue weighted by atomic mass is 10.1. The first kappa shape index (κ1) is 19.7. The van der Waals surface area contributed by atoms with E-state index < -0.39 is 0 Å². The van der Waals surface area contributed by atoms with Gasteiger partial charge in [-0.1, -0.05) is 23.7 Å². The standard InChI is InChI=1S/C23H26ClN5/c1-16-14-23(25-22-9-6-19(24)15-21(16)22)27-26-17(2)18-4-7-20(8-5-18)29-12-10-28(3)11-13-29/h4-9,14-15H,10-13H2,1-3H3,(H,25,27)/b26-17+. The van der Waals surface area contributed by atoms with E-state index in [2.05, 4.69) is 63.5 Å². The summed E-state index contributed by atoms with van der Waals surface area (Å²) in [6.07, 6.45) is 0. The number of likely N-dealkylation sites (N-methyl/N-ethyl adjacent to an activating group) is 1. The van der Waals surface area contributed by atoms with Crippen LogP contribution in [0.2, 0.25) is 5.02 Å². The second-order valence-corrected chi connectivity index (χ2v) is 8.07. The van der Waals surface area contributed by atoms with E-state index in [1.165, 1.54) is 5.69 Å². The Kier molecular flexibility index (Phi) is 5.69. The highest BCUT2D eigenvalue weighted by Crippen LogP contribution is 2.24. The van der Waals surface area contributed by atoms with Crippen molar-refractivity contribution in [1.82, 2.24) is 9.88 Å². The van der Waals surface area contributed by atoms with E-state index in [1.807, 2.05) is 31.2 Å². The second kappa shape index (κ2) is 8.39. The number of rotatable bonds is 4. The Hall–Kier alpha value is -2.63. The van der Waals surface area contributed by atoms with Crippen molar-refractivity contribution in [3.8, 4) is 0 Å². The zero-order valence-electron chi connectivity index (χ0n) is 17.1. The number of benzene rings is 2. The topological polar surface area (TPSA) is 43.8 Å². The van der Waals surface area contributed by atoms with Gasteiger partial charge in [-0.3, -0.25) is 5.43 Å². The maximum atomic E-state index is 6.10. The number of fused-ring (bicyclic) bond motifs is 1. The molecule has 1 saturated heterocycles. The van der Waals surface area contributed by atoms with Crippen molar-refractivity contribution < 1.29 is 0 Å². The quantitative estimate of drug-likeness (QED) is 0.499. The molecule has 3 aromatic rings. The van der Waals surface area contributed by atoms with E-state index in [1.54, 1.807) is 0 Å². The minimum absolute atomic E-state index is 0.719. The Labute approximate surface area is 177 Å². The Morgan fingerprint density at radius 3 is 2.48 bits per heavy atom. The van der Waals surface area contributed by atoms with Crippen molar-refractivity contribution in [2.24, 2.45) is 5.10 Å². The lowest BCUT2D eigenvalue weighted by Crippen LogP contribution is -2.44. The summed E-state index contributed by atoms with van der Waals surface area (Å²) >= 11 is 6.10. The van der Waals surface area contributed by atoms with Gasteiger partial charge >= 0.3 is 0 Å². The average Bonchev–Trinajstić information content (AvgIpc) is 2.73. The summed E-state index contributed by atoms with van der Waals surface area (Å²) in [5, 5.41) is 6.32. The van der Waals surface area contributed by atoms with Crippen LogP contribution in [-0.4, -0.2) is 48.8 Å². The summed E-state index contributed by atoms with van der Waals surface area (Å²) in [6.45, 7) is 8.42. The van der Waals surface area contributed by atoms with Crippen LogP contribution >= 0.6 is 11.6 Å². The van der Waals surface area contributed by atoms with Gasteiger partial charge in [-0.25, -0.2) is 4.98 Å². The zero-order chi connectivity index (χ0) is 20.4. The maximum absolute atomic E-state index is 6.10. The van der Waals surface area contributed by atoms with Gasteiger partial charge in [0.05, 0.1) is 11.2 Å². The number of pyridine rings is 1. The normalized spacial score (nSPS) is 15.7. The van der Waals surface area contributed by atoms with Crippen LogP contribution in [0.3, 0.4) is 0 Å². The monoisotopic (exact) mass is 407 g/mol. The first-order valence-corrected chi connectivity index (χ1v) is 10.3. The second-order valence-electron chi connectivity index (χ2n) is 7.63. The van der Waals surface area contributed by atoms with E-state index in [0.29, 0.717) is 0 Å². The fourth-order valence-corrected chi connectivity index (χ4v) is 3.78. The van der Waals surface area contributed by atoms with Gasteiger partial charge in [-0.15, -0.1) is 0 Å². The van der Waals surface area contributed by atoms with E-state index in [9.17, 15) is 0 Å². The Morgan fingerprint density at radius 1 is 1.03 bits per heavy atom. The molecule has 1 aliphatic heterocycles. The molecule has 1 aliphatic rings. The highest BCUT2D eigenvalue weighted by molar-refractivity contribution is 6.31. The smallest absolute Gasteiger partial charge is 0.147 e. The molecule has 0 unspecified atom stereocenters. The zero-order valence-corrected chi connectivity index (χ0v) is 17.9. The summed E-state index contributed by atoms with van der Waals surface area (Å²) in [5.74, 6) is 0.728. The van der Waals surface area contributed by atoms with Gasteiger partial charge in [0.15, 0.2) is 0 Å². The van der Waals surface area contributed by atoms with Crippen molar-refractivity contribution in [3.05, 3.63) is 64.7 Å². The molecule has 0 radical (unpaired) electrons. The number of aromatic nitrogens is 1. The third kappa shape index (κ3) is 4.52. The van der Waals surface area contributed by atoms with Gasteiger partial charge in [0.2, 0.25) is 0 Å². The van der Waals surface area contributed by atoms with Crippen molar-refractivity contribution >= 4 is 39.7 Å². The van der Waals surface area contributed by atoms with E-state index >= 15 is 0 Å². The highest BCUT2D eigenvalue weighted by atomic mass is 35.5. The first-order valence-electron chi connectivity index (χ1n) is 9.91. The summed E-state index contributed by atoms with van der Waals surface area (Å²) < 4.78 is 0. The molecule has 2 heterocycles. The number of nitrogens with one attached hydrogen (secondary N) is 1. The summed E-state index contributed by atoms with van der Waals surface area (Å²) in [5.41, 5.74) is 8.41. The first-order chi connectivity index (χ1) is 14.0. The van der Waals surface area contributed by atoms with Crippen LogP contribution in [-0.2, 0) is 0 Å². The van der Waals surface area contributed by atoms with Gasteiger partial charge in [-0.05, 0) is 68.4 Å². The van der Waals surface area contributed by atoms with Crippen LogP contribution in [0.5, 0.6) is 0 Å². The van der Waals surface area contributed by atoms with Crippen LogP contribution in [0.1, 0.15) is 18.1 Å². The van der Waals surface area contributed by atoms with Crippen molar-refractivity contribution in [2.75, 3.05) is 43.6 Å². The molecule has 0 aliphatic carbocycles. The molecule has 0 bridgehead atoms.